The van der Waals surface area contributed by atoms with Crippen molar-refractivity contribution in [2.45, 2.75) is 57.2 Å². The van der Waals surface area contributed by atoms with Gasteiger partial charge in [0.2, 0.25) is 0 Å². The molecule has 0 radical (unpaired) electrons. The van der Waals surface area contributed by atoms with Crippen molar-refractivity contribution in [3.63, 3.8) is 0 Å². The molecule has 0 aromatic heterocycles. The fourth-order valence-corrected chi connectivity index (χ4v) is 6.08. The standard InChI is InChI=1S/C22H31N3O2S/c1-4-24-21(27)25(19-13-17-7-5-6-8-18(17)14-19)20(26)22(24)9-11-23(12-10-22)16(2)15-28-3/h5-8,16,19H,4,9-15H2,1-3H3/t16-/m1/s1. The molecule has 1 aliphatic carbocycles. The van der Waals surface area contributed by atoms with Gasteiger partial charge in [0, 0.05) is 37.5 Å². The Morgan fingerprint density at radius 1 is 1.14 bits per heavy atom. The average molecular weight is 402 g/mol. The zero-order valence-corrected chi connectivity index (χ0v) is 18.0. The number of imide groups is 1. The van der Waals surface area contributed by atoms with Gasteiger partial charge in [0.25, 0.3) is 5.91 Å². The van der Waals surface area contributed by atoms with Crippen LogP contribution in [0.2, 0.25) is 0 Å². The molecular formula is C22H31N3O2S. The van der Waals surface area contributed by atoms with Crippen molar-refractivity contribution in [1.29, 1.82) is 0 Å². The van der Waals surface area contributed by atoms with Gasteiger partial charge >= 0.3 is 6.03 Å². The van der Waals surface area contributed by atoms with E-state index in [1.54, 1.807) is 4.90 Å². The molecule has 28 heavy (non-hydrogen) atoms. The summed E-state index contributed by atoms with van der Waals surface area (Å²) in [4.78, 5) is 32.9. The Balaban J connectivity index is 1.54. The van der Waals surface area contributed by atoms with Gasteiger partial charge in [0.15, 0.2) is 0 Å². The molecule has 4 rings (SSSR count). The van der Waals surface area contributed by atoms with Gasteiger partial charge in [-0.05, 0) is 56.9 Å². The number of benzene rings is 1. The summed E-state index contributed by atoms with van der Waals surface area (Å²) in [5.74, 6) is 1.15. The number of amides is 3. The Kier molecular flexibility index (Phi) is 5.45. The topological polar surface area (TPSA) is 43.9 Å². The van der Waals surface area contributed by atoms with E-state index in [0.29, 0.717) is 12.6 Å². The van der Waals surface area contributed by atoms with Crippen molar-refractivity contribution < 1.29 is 9.59 Å². The van der Waals surface area contributed by atoms with Gasteiger partial charge in [0.05, 0.1) is 0 Å². The lowest BCUT2D eigenvalue weighted by Gasteiger charge is -2.43. The van der Waals surface area contributed by atoms with Gasteiger partial charge in [-0.1, -0.05) is 24.3 Å². The van der Waals surface area contributed by atoms with E-state index < -0.39 is 5.54 Å². The minimum Gasteiger partial charge on any atom is -0.310 e. The Hall–Kier alpha value is -1.53. The van der Waals surface area contributed by atoms with Crippen LogP contribution in [0, 0.1) is 0 Å². The van der Waals surface area contributed by atoms with E-state index in [2.05, 4.69) is 30.2 Å². The van der Waals surface area contributed by atoms with Crippen LogP contribution in [-0.4, -0.2) is 75.9 Å². The third-order valence-corrected chi connectivity index (χ3v) is 7.75. The molecule has 6 heteroatoms. The number of fused-ring (bicyclic) bond motifs is 1. The van der Waals surface area contributed by atoms with Crippen molar-refractivity contribution >= 4 is 23.7 Å². The number of hydrogen-bond acceptors (Lipinski definition) is 4. The second-order valence-corrected chi connectivity index (χ2v) is 9.32. The van der Waals surface area contributed by atoms with Gasteiger partial charge in [-0.3, -0.25) is 14.6 Å². The first-order chi connectivity index (χ1) is 13.5. The molecule has 0 unspecified atom stereocenters. The smallest absolute Gasteiger partial charge is 0.310 e. The molecule has 0 bridgehead atoms. The maximum Gasteiger partial charge on any atom is 0.327 e. The molecule has 2 fully saturated rings. The summed E-state index contributed by atoms with van der Waals surface area (Å²) >= 11 is 1.86. The van der Waals surface area contributed by atoms with Crippen LogP contribution in [0.4, 0.5) is 4.79 Å². The number of thioether (sulfide) groups is 1. The van der Waals surface area contributed by atoms with Crippen LogP contribution in [0.3, 0.4) is 0 Å². The summed E-state index contributed by atoms with van der Waals surface area (Å²) in [6, 6.07) is 8.74. The number of piperidine rings is 1. The van der Waals surface area contributed by atoms with E-state index in [9.17, 15) is 9.59 Å². The van der Waals surface area contributed by atoms with Crippen LogP contribution in [-0.2, 0) is 17.6 Å². The molecular weight excluding hydrogens is 370 g/mol. The summed E-state index contributed by atoms with van der Waals surface area (Å²) < 4.78 is 0. The summed E-state index contributed by atoms with van der Waals surface area (Å²) in [7, 11) is 0. The lowest BCUT2D eigenvalue weighted by atomic mass is 9.85. The molecule has 2 aliphatic heterocycles. The zero-order chi connectivity index (χ0) is 19.9. The third kappa shape index (κ3) is 3.05. The maximum absolute atomic E-state index is 13.6. The largest absolute Gasteiger partial charge is 0.327 e. The molecule has 1 atom stereocenters. The van der Waals surface area contributed by atoms with Crippen LogP contribution in [0.15, 0.2) is 24.3 Å². The Morgan fingerprint density at radius 3 is 2.29 bits per heavy atom. The Bertz CT molecular complexity index is 735. The van der Waals surface area contributed by atoms with Crippen LogP contribution in [0.5, 0.6) is 0 Å². The number of nitrogens with zero attached hydrogens (tertiary/aromatic N) is 3. The van der Waals surface area contributed by atoms with E-state index in [-0.39, 0.29) is 18.0 Å². The van der Waals surface area contributed by atoms with E-state index >= 15 is 0 Å². The maximum atomic E-state index is 13.6. The summed E-state index contributed by atoms with van der Waals surface area (Å²) in [5, 5.41) is 0. The van der Waals surface area contributed by atoms with Gasteiger partial charge < -0.3 is 4.90 Å². The van der Waals surface area contributed by atoms with Gasteiger partial charge in [-0.2, -0.15) is 11.8 Å². The van der Waals surface area contributed by atoms with E-state index in [0.717, 1.165) is 44.5 Å². The van der Waals surface area contributed by atoms with E-state index in [1.165, 1.54) is 11.1 Å². The van der Waals surface area contributed by atoms with Crippen molar-refractivity contribution in [2.24, 2.45) is 0 Å². The number of likely N-dealkylation sites (tertiary alicyclic amines) is 1. The van der Waals surface area contributed by atoms with Crippen molar-refractivity contribution in [3.8, 4) is 0 Å². The Labute approximate surface area is 172 Å². The second-order valence-electron chi connectivity index (χ2n) is 8.40. The van der Waals surface area contributed by atoms with Crippen molar-refractivity contribution in [3.05, 3.63) is 35.4 Å². The summed E-state index contributed by atoms with van der Waals surface area (Å²) in [6.07, 6.45) is 5.22. The van der Waals surface area contributed by atoms with Gasteiger partial charge in [0.1, 0.15) is 5.54 Å². The number of carbonyl (C=O) groups is 2. The molecule has 0 saturated carbocycles. The summed E-state index contributed by atoms with van der Waals surface area (Å²) in [5.41, 5.74) is 1.92. The number of likely N-dealkylation sites (N-methyl/N-ethyl adjacent to an activating group) is 1. The van der Waals surface area contributed by atoms with Crippen LogP contribution in [0.25, 0.3) is 0 Å². The first-order valence-corrected chi connectivity index (χ1v) is 11.9. The molecule has 5 nitrogen and oxygen atoms in total. The highest BCUT2D eigenvalue weighted by Crippen LogP contribution is 2.40. The zero-order valence-electron chi connectivity index (χ0n) is 17.2. The van der Waals surface area contributed by atoms with Crippen molar-refractivity contribution in [1.82, 2.24) is 14.7 Å². The molecule has 152 valence electrons. The van der Waals surface area contributed by atoms with E-state index in [4.69, 9.17) is 0 Å². The van der Waals surface area contributed by atoms with Crippen LogP contribution >= 0.6 is 11.8 Å². The SMILES string of the molecule is CCN1C(=O)N(C2Cc3ccccc3C2)C(=O)C12CCN([C@H](C)CSC)CC2. The number of rotatable bonds is 5. The number of carbonyl (C=O) groups excluding carboxylic acids is 2. The van der Waals surface area contributed by atoms with Crippen LogP contribution < -0.4 is 0 Å². The Morgan fingerprint density at radius 2 is 1.75 bits per heavy atom. The van der Waals surface area contributed by atoms with E-state index in [1.807, 2.05) is 35.7 Å². The predicted octanol–water partition coefficient (Wildman–Crippen LogP) is 3.02. The fourth-order valence-electron chi connectivity index (χ4n) is 5.38. The highest BCUT2D eigenvalue weighted by atomic mass is 32.2. The normalized spacial score (nSPS) is 23.7. The molecule has 0 N–H and O–H groups in total. The summed E-state index contributed by atoms with van der Waals surface area (Å²) in [6.45, 7) is 6.63. The van der Waals surface area contributed by atoms with Crippen LogP contribution in [0.1, 0.15) is 37.8 Å². The lowest BCUT2D eigenvalue weighted by molar-refractivity contribution is -0.137. The third-order valence-electron chi connectivity index (χ3n) is 6.94. The molecule has 1 aromatic rings. The number of urea groups is 1. The second kappa shape index (κ2) is 7.71. The first kappa shape index (κ1) is 19.8. The highest BCUT2D eigenvalue weighted by Gasteiger charge is 2.59. The fraction of sp³-hybridized carbons (Fsp3) is 0.636. The minimum atomic E-state index is -0.629. The lowest BCUT2D eigenvalue weighted by Crippen LogP contribution is -2.58. The monoisotopic (exact) mass is 401 g/mol. The molecule has 2 heterocycles. The number of hydrogen-bond donors (Lipinski definition) is 0. The first-order valence-electron chi connectivity index (χ1n) is 10.5. The molecule has 3 amide bonds. The molecule has 1 spiro atoms. The minimum absolute atomic E-state index is 0.0285. The highest BCUT2D eigenvalue weighted by molar-refractivity contribution is 7.98. The van der Waals surface area contributed by atoms with Crippen molar-refractivity contribution in [2.75, 3.05) is 31.6 Å². The quantitative estimate of drug-likeness (QED) is 0.712. The average Bonchev–Trinajstić information content (AvgIpc) is 3.20. The molecule has 3 aliphatic rings. The predicted molar refractivity (Wildman–Crippen MR) is 114 cm³/mol. The van der Waals surface area contributed by atoms with Gasteiger partial charge in [-0.15, -0.1) is 0 Å². The van der Waals surface area contributed by atoms with Gasteiger partial charge in [-0.25, -0.2) is 4.79 Å². The molecule has 1 aromatic carbocycles. The molecule has 2 saturated heterocycles.